The van der Waals surface area contributed by atoms with Gasteiger partial charge in [-0.1, -0.05) is 30.3 Å². The number of fused-ring (bicyclic) bond motifs is 1. The molecule has 156 valence electrons. The van der Waals surface area contributed by atoms with E-state index in [0.29, 0.717) is 30.6 Å². The summed E-state index contributed by atoms with van der Waals surface area (Å²) in [6, 6.07) is 11.6. The topological polar surface area (TPSA) is 41.6 Å². The van der Waals surface area contributed by atoms with Crippen molar-refractivity contribution in [3.05, 3.63) is 65.2 Å². The first kappa shape index (κ1) is 21.1. The van der Waals surface area contributed by atoms with Crippen LogP contribution in [0, 0.1) is 11.6 Å². The predicted molar refractivity (Wildman–Crippen MR) is 110 cm³/mol. The molecule has 2 unspecified atom stereocenters. The lowest BCUT2D eigenvalue weighted by atomic mass is 9.96. The summed E-state index contributed by atoms with van der Waals surface area (Å²) in [6.07, 6.45) is 0.712. The lowest BCUT2D eigenvalue weighted by Gasteiger charge is -2.36. The second-order valence-corrected chi connectivity index (χ2v) is 8.51. The number of rotatable bonds is 4. The molecule has 1 N–H and O–H groups in total. The average Bonchev–Trinajstić information content (AvgIpc) is 2.64. The van der Waals surface area contributed by atoms with Crippen molar-refractivity contribution in [1.29, 1.82) is 0 Å². The van der Waals surface area contributed by atoms with Gasteiger partial charge in [0.1, 0.15) is 17.2 Å². The molecular weight excluding hydrogens is 374 g/mol. The number of anilines is 1. The molecule has 0 saturated carbocycles. The van der Waals surface area contributed by atoms with Gasteiger partial charge in [0, 0.05) is 29.9 Å². The van der Waals surface area contributed by atoms with Gasteiger partial charge in [-0.05, 0) is 52.2 Å². The molecule has 0 aliphatic carbocycles. The van der Waals surface area contributed by atoms with Gasteiger partial charge >= 0.3 is 6.09 Å². The number of hydrogen-bond donors (Lipinski definition) is 1. The highest BCUT2D eigenvalue weighted by Crippen LogP contribution is 2.30. The molecule has 6 heteroatoms. The van der Waals surface area contributed by atoms with Crippen molar-refractivity contribution >= 4 is 11.8 Å². The van der Waals surface area contributed by atoms with Crippen molar-refractivity contribution < 1.29 is 18.3 Å². The van der Waals surface area contributed by atoms with E-state index in [9.17, 15) is 13.6 Å². The Hall–Kier alpha value is -2.63. The maximum absolute atomic E-state index is 14.0. The monoisotopic (exact) mass is 402 g/mol. The lowest BCUT2D eigenvalue weighted by Crippen LogP contribution is -2.45. The SMILES string of the molecule is CC(c1ccccc1)N(CC1CCc2c(F)cc(F)cc2N1)C(=O)OC(C)(C)C. The summed E-state index contributed by atoms with van der Waals surface area (Å²) in [5.74, 6) is -1.15. The third kappa shape index (κ3) is 5.25. The van der Waals surface area contributed by atoms with E-state index >= 15 is 0 Å². The van der Waals surface area contributed by atoms with Crippen molar-refractivity contribution in [2.45, 2.75) is 58.2 Å². The first-order valence-electron chi connectivity index (χ1n) is 9.93. The van der Waals surface area contributed by atoms with Gasteiger partial charge in [-0.3, -0.25) is 4.90 Å². The fraction of sp³-hybridized carbons (Fsp3) is 0.435. The van der Waals surface area contributed by atoms with E-state index in [1.165, 1.54) is 6.07 Å². The van der Waals surface area contributed by atoms with E-state index in [1.807, 2.05) is 58.0 Å². The Labute approximate surface area is 170 Å². The fourth-order valence-electron chi connectivity index (χ4n) is 3.59. The number of halogens is 2. The van der Waals surface area contributed by atoms with Crippen LogP contribution < -0.4 is 5.32 Å². The number of ether oxygens (including phenoxy) is 1. The summed E-state index contributed by atoms with van der Waals surface area (Å²) in [5, 5.41) is 3.20. The van der Waals surface area contributed by atoms with Crippen molar-refractivity contribution in [3.8, 4) is 0 Å². The minimum absolute atomic E-state index is 0.137. The number of carbonyl (C=O) groups is 1. The molecule has 1 aliphatic rings. The van der Waals surface area contributed by atoms with Crippen LogP contribution in [0.5, 0.6) is 0 Å². The molecule has 29 heavy (non-hydrogen) atoms. The number of carbonyl (C=O) groups excluding carboxylic acids is 1. The molecular formula is C23H28F2N2O2. The highest BCUT2D eigenvalue weighted by atomic mass is 19.1. The van der Waals surface area contributed by atoms with E-state index in [4.69, 9.17) is 4.74 Å². The van der Waals surface area contributed by atoms with E-state index in [-0.39, 0.29) is 12.1 Å². The van der Waals surface area contributed by atoms with Crippen LogP contribution in [0.25, 0.3) is 0 Å². The van der Waals surface area contributed by atoms with Crippen LogP contribution in [-0.4, -0.2) is 29.2 Å². The van der Waals surface area contributed by atoms with E-state index in [1.54, 1.807) is 4.90 Å². The standard InChI is InChI=1S/C23H28F2N2O2/c1-15(16-8-6-5-7-9-16)27(22(28)29-23(2,3)4)14-18-10-11-19-20(25)12-17(24)13-21(19)26-18/h5-9,12-13,15,18,26H,10-11,14H2,1-4H3. The van der Waals surface area contributed by atoms with Crippen LogP contribution in [0.4, 0.5) is 19.3 Å². The molecule has 0 bridgehead atoms. The molecule has 0 radical (unpaired) electrons. The Morgan fingerprint density at radius 2 is 1.93 bits per heavy atom. The van der Waals surface area contributed by atoms with Crippen molar-refractivity contribution in [2.75, 3.05) is 11.9 Å². The number of benzene rings is 2. The van der Waals surface area contributed by atoms with Gasteiger partial charge in [0.25, 0.3) is 0 Å². The van der Waals surface area contributed by atoms with Gasteiger partial charge in [-0.2, -0.15) is 0 Å². The smallest absolute Gasteiger partial charge is 0.410 e. The highest BCUT2D eigenvalue weighted by molar-refractivity contribution is 5.69. The maximum atomic E-state index is 14.0. The third-order valence-electron chi connectivity index (χ3n) is 5.06. The molecule has 4 nitrogen and oxygen atoms in total. The molecule has 1 amide bonds. The zero-order chi connectivity index (χ0) is 21.2. The second kappa shape index (κ2) is 8.39. The summed E-state index contributed by atoms with van der Waals surface area (Å²) in [7, 11) is 0. The van der Waals surface area contributed by atoms with Gasteiger partial charge in [0.2, 0.25) is 0 Å². The molecule has 3 rings (SSSR count). The molecule has 0 spiro atoms. The quantitative estimate of drug-likeness (QED) is 0.714. The van der Waals surface area contributed by atoms with Crippen LogP contribution in [-0.2, 0) is 11.2 Å². The van der Waals surface area contributed by atoms with Gasteiger partial charge in [-0.25, -0.2) is 13.6 Å². The Morgan fingerprint density at radius 1 is 1.24 bits per heavy atom. The zero-order valence-corrected chi connectivity index (χ0v) is 17.3. The largest absolute Gasteiger partial charge is 0.444 e. The number of hydrogen-bond acceptors (Lipinski definition) is 3. The molecule has 1 aliphatic heterocycles. The van der Waals surface area contributed by atoms with E-state index in [0.717, 1.165) is 11.6 Å². The Morgan fingerprint density at radius 3 is 2.59 bits per heavy atom. The summed E-state index contributed by atoms with van der Waals surface area (Å²) < 4.78 is 33.3. The van der Waals surface area contributed by atoms with Crippen molar-refractivity contribution in [2.24, 2.45) is 0 Å². The van der Waals surface area contributed by atoms with E-state index < -0.39 is 23.3 Å². The van der Waals surface area contributed by atoms with Crippen LogP contribution in [0.2, 0.25) is 0 Å². The van der Waals surface area contributed by atoms with Gasteiger partial charge in [-0.15, -0.1) is 0 Å². The van der Waals surface area contributed by atoms with Crippen LogP contribution in [0.3, 0.4) is 0 Å². The van der Waals surface area contributed by atoms with Crippen LogP contribution >= 0.6 is 0 Å². The molecule has 2 aromatic rings. The number of amides is 1. The highest BCUT2D eigenvalue weighted by Gasteiger charge is 2.31. The molecule has 1 heterocycles. The fourth-order valence-corrected chi connectivity index (χ4v) is 3.59. The van der Waals surface area contributed by atoms with E-state index in [2.05, 4.69) is 5.32 Å². The second-order valence-electron chi connectivity index (χ2n) is 8.51. The molecule has 2 aromatic carbocycles. The summed E-state index contributed by atoms with van der Waals surface area (Å²) >= 11 is 0. The Bertz CT molecular complexity index is 865. The first-order chi connectivity index (χ1) is 13.6. The molecule has 0 aromatic heterocycles. The summed E-state index contributed by atoms with van der Waals surface area (Å²) in [6.45, 7) is 7.81. The number of nitrogens with zero attached hydrogens (tertiary/aromatic N) is 1. The van der Waals surface area contributed by atoms with Crippen LogP contribution in [0.1, 0.15) is 51.3 Å². The normalized spacial score (nSPS) is 17.1. The third-order valence-corrected chi connectivity index (χ3v) is 5.06. The lowest BCUT2D eigenvalue weighted by molar-refractivity contribution is 0.0162. The van der Waals surface area contributed by atoms with Crippen LogP contribution in [0.15, 0.2) is 42.5 Å². The Kier molecular flexibility index (Phi) is 6.10. The van der Waals surface area contributed by atoms with Gasteiger partial charge in [0.15, 0.2) is 0 Å². The average molecular weight is 402 g/mol. The minimum Gasteiger partial charge on any atom is -0.444 e. The van der Waals surface area contributed by atoms with Crippen molar-refractivity contribution in [3.63, 3.8) is 0 Å². The van der Waals surface area contributed by atoms with Gasteiger partial charge < -0.3 is 10.1 Å². The molecule has 0 fully saturated rings. The Balaban J connectivity index is 1.82. The van der Waals surface area contributed by atoms with Crippen molar-refractivity contribution in [1.82, 2.24) is 4.90 Å². The maximum Gasteiger partial charge on any atom is 0.410 e. The summed E-state index contributed by atoms with van der Waals surface area (Å²) in [4.78, 5) is 14.6. The minimum atomic E-state index is -0.620. The number of nitrogens with one attached hydrogen (secondary N) is 1. The first-order valence-corrected chi connectivity index (χ1v) is 9.93. The predicted octanol–water partition coefficient (Wildman–Crippen LogP) is 5.69. The van der Waals surface area contributed by atoms with Gasteiger partial charge in [0.05, 0.1) is 6.04 Å². The summed E-state index contributed by atoms with van der Waals surface area (Å²) in [5.41, 5.74) is 1.31. The zero-order valence-electron chi connectivity index (χ0n) is 17.3. The molecule has 2 atom stereocenters. The molecule has 0 saturated heterocycles.